The minimum absolute atomic E-state index is 0.0212. The number of likely N-dealkylation sites (N-methyl/N-ethyl adjacent to an activating group) is 1. The highest BCUT2D eigenvalue weighted by Crippen LogP contribution is 2.33. The number of piperazine rings is 1. The van der Waals surface area contributed by atoms with Crippen molar-refractivity contribution in [2.24, 2.45) is 0 Å². The van der Waals surface area contributed by atoms with Gasteiger partial charge in [0.05, 0.1) is 6.26 Å². The fraction of sp³-hybridized carbons (Fsp3) is 0.522. The molecule has 1 spiro atoms. The molecule has 0 saturated carbocycles. The predicted octanol–water partition coefficient (Wildman–Crippen LogP) is 3.31. The minimum atomic E-state index is 0.0212. The summed E-state index contributed by atoms with van der Waals surface area (Å²) in [6.07, 6.45) is 3.61. The third-order valence-corrected chi connectivity index (χ3v) is 6.69. The van der Waals surface area contributed by atoms with Crippen LogP contribution in [-0.4, -0.2) is 72.5 Å². The summed E-state index contributed by atoms with van der Waals surface area (Å²) < 4.78 is 5.30. The van der Waals surface area contributed by atoms with Gasteiger partial charge in [0.2, 0.25) is 0 Å². The lowest BCUT2D eigenvalue weighted by Crippen LogP contribution is -2.65. The number of furan rings is 1. The molecule has 0 N–H and O–H groups in total. The van der Waals surface area contributed by atoms with E-state index in [-0.39, 0.29) is 11.4 Å². The molecule has 2 aliphatic heterocycles. The number of likely N-dealkylation sites (tertiary alicyclic amines) is 1. The zero-order valence-corrected chi connectivity index (χ0v) is 17.0. The molecule has 2 fully saturated rings. The Bertz CT molecular complexity index is 766. The number of nitrogens with zero attached hydrogens (tertiary/aromatic N) is 3. The lowest BCUT2D eigenvalue weighted by molar-refractivity contribution is -0.0252. The van der Waals surface area contributed by atoms with E-state index in [1.807, 2.05) is 4.90 Å². The topological polar surface area (TPSA) is 39.9 Å². The molecule has 0 unspecified atom stereocenters. The SMILES string of the molecule is C[C@@H](CN1CCN(C)C2(CCN(C(=O)c3ccco3)CC2)C1)c1ccccc1. The Balaban J connectivity index is 1.38. The van der Waals surface area contributed by atoms with Crippen LogP contribution in [0.25, 0.3) is 0 Å². The third kappa shape index (κ3) is 3.87. The fourth-order valence-electron chi connectivity index (χ4n) is 4.80. The van der Waals surface area contributed by atoms with Crippen molar-refractivity contribution in [3.8, 4) is 0 Å². The molecule has 2 aromatic rings. The van der Waals surface area contributed by atoms with Crippen molar-refractivity contribution in [1.29, 1.82) is 0 Å². The van der Waals surface area contributed by atoms with Crippen LogP contribution in [0.5, 0.6) is 0 Å². The van der Waals surface area contributed by atoms with E-state index in [0.29, 0.717) is 11.7 Å². The van der Waals surface area contributed by atoms with Crippen molar-refractivity contribution < 1.29 is 9.21 Å². The summed E-state index contributed by atoms with van der Waals surface area (Å²) in [5.74, 6) is 1.00. The summed E-state index contributed by atoms with van der Waals surface area (Å²) >= 11 is 0. The number of rotatable bonds is 4. The highest BCUT2D eigenvalue weighted by atomic mass is 16.3. The molecule has 5 nitrogen and oxygen atoms in total. The number of amides is 1. The Labute approximate surface area is 167 Å². The second-order valence-electron chi connectivity index (χ2n) is 8.46. The quantitative estimate of drug-likeness (QED) is 0.815. The van der Waals surface area contributed by atoms with E-state index in [0.717, 1.165) is 52.1 Å². The van der Waals surface area contributed by atoms with Crippen molar-refractivity contribution in [3.63, 3.8) is 0 Å². The molecular weight excluding hydrogens is 350 g/mol. The van der Waals surface area contributed by atoms with E-state index in [1.54, 1.807) is 18.4 Å². The molecule has 3 heterocycles. The molecule has 5 heteroatoms. The first-order valence-corrected chi connectivity index (χ1v) is 10.4. The van der Waals surface area contributed by atoms with E-state index < -0.39 is 0 Å². The maximum Gasteiger partial charge on any atom is 0.289 e. The Morgan fingerprint density at radius 2 is 1.82 bits per heavy atom. The maximum absolute atomic E-state index is 12.6. The summed E-state index contributed by atoms with van der Waals surface area (Å²) in [5, 5.41) is 0. The average Bonchev–Trinajstić information content (AvgIpc) is 3.26. The molecule has 1 aromatic heterocycles. The van der Waals surface area contributed by atoms with Gasteiger partial charge in [-0.25, -0.2) is 0 Å². The Morgan fingerprint density at radius 1 is 1.07 bits per heavy atom. The fourth-order valence-corrected chi connectivity index (χ4v) is 4.80. The highest BCUT2D eigenvalue weighted by Gasteiger charge is 2.43. The molecule has 4 rings (SSSR count). The molecule has 28 heavy (non-hydrogen) atoms. The van der Waals surface area contributed by atoms with Gasteiger partial charge in [0.1, 0.15) is 0 Å². The van der Waals surface area contributed by atoms with Crippen LogP contribution in [0.15, 0.2) is 53.1 Å². The standard InChI is InChI=1S/C23H31N3O2/c1-19(20-7-4-3-5-8-20)17-25-15-14-24(2)23(18-25)10-12-26(13-11-23)22(27)21-9-6-16-28-21/h3-9,16,19H,10-15,17-18H2,1-2H3/t19-/m0/s1. The van der Waals surface area contributed by atoms with Crippen LogP contribution in [0.4, 0.5) is 0 Å². The van der Waals surface area contributed by atoms with Crippen molar-refractivity contribution in [1.82, 2.24) is 14.7 Å². The Morgan fingerprint density at radius 3 is 2.50 bits per heavy atom. The van der Waals surface area contributed by atoms with Gasteiger partial charge in [0.25, 0.3) is 5.91 Å². The second-order valence-corrected chi connectivity index (χ2v) is 8.46. The molecule has 2 saturated heterocycles. The van der Waals surface area contributed by atoms with Crippen LogP contribution in [-0.2, 0) is 0 Å². The van der Waals surface area contributed by atoms with Crippen LogP contribution in [0.2, 0.25) is 0 Å². The van der Waals surface area contributed by atoms with Gasteiger partial charge in [0, 0.05) is 44.8 Å². The number of carbonyl (C=O) groups is 1. The van der Waals surface area contributed by atoms with Crippen LogP contribution in [0.1, 0.15) is 41.8 Å². The van der Waals surface area contributed by atoms with Crippen molar-refractivity contribution >= 4 is 5.91 Å². The van der Waals surface area contributed by atoms with E-state index >= 15 is 0 Å². The number of piperidine rings is 1. The molecule has 0 aliphatic carbocycles. The van der Waals surface area contributed by atoms with Gasteiger partial charge in [-0.3, -0.25) is 14.6 Å². The summed E-state index contributed by atoms with van der Waals surface area (Å²) in [6.45, 7) is 8.30. The minimum Gasteiger partial charge on any atom is -0.459 e. The van der Waals surface area contributed by atoms with Crippen LogP contribution in [0, 0.1) is 0 Å². The monoisotopic (exact) mass is 381 g/mol. The van der Waals surface area contributed by atoms with Crippen LogP contribution < -0.4 is 0 Å². The first-order chi connectivity index (χ1) is 13.6. The van der Waals surface area contributed by atoms with E-state index in [4.69, 9.17) is 4.42 Å². The van der Waals surface area contributed by atoms with Gasteiger partial charge in [-0.2, -0.15) is 0 Å². The van der Waals surface area contributed by atoms with Crippen molar-refractivity contribution in [2.45, 2.75) is 31.2 Å². The van der Waals surface area contributed by atoms with Gasteiger partial charge >= 0.3 is 0 Å². The molecule has 1 aromatic carbocycles. The summed E-state index contributed by atoms with van der Waals surface area (Å²) in [6, 6.07) is 14.3. The molecule has 0 radical (unpaired) electrons. The molecule has 150 valence electrons. The number of hydrogen-bond donors (Lipinski definition) is 0. The molecule has 0 bridgehead atoms. The van der Waals surface area contributed by atoms with Gasteiger partial charge in [-0.15, -0.1) is 0 Å². The van der Waals surface area contributed by atoms with E-state index in [9.17, 15) is 4.79 Å². The zero-order chi connectivity index (χ0) is 19.6. The number of carbonyl (C=O) groups excluding carboxylic acids is 1. The normalized spacial score (nSPS) is 21.7. The smallest absolute Gasteiger partial charge is 0.289 e. The Kier molecular flexibility index (Phi) is 5.56. The summed E-state index contributed by atoms with van der Waals surface area (Å²) in [4.78, 5) is 19.7. The number of hydrogen-bond acceptors (Lipinski definition) is 4. The van der Waals surface area contributed by atoms with Crippen LogP contribution >= 0.6 is 0 Å². The largest absolute Gasteiger partial charge is 0.459 e. The van der Waals surface area contributed by atoms with Crippen molar-refractivity contribution in [3.05, 3.63) is 60.1 Å². The molecule has 1 atom stereocenters. The predicted molar refractivity (Wildman–Crippen MR) is 111 cm³/mol. The summed E-state index contributed by atoms with van der Waals surface area (Å²) in [7, 11) is 2.25. The lowest BCUT2D eigenvalue weighted by atomic mass is 9.83. The molecular formula is C23H31N3O2. The average molecular weight is 382 g/mol. The first-order valence-electron chi connectivity index (χ1n) is 10.4. The lowest BCUT2D eigenvalue weighted by Gasteiger charge is -2.53. The van der Waals surface area contributed by atoms with Gasteiger partial charge < -0.3 is 9.32 Å². The van der Waals surface area contributed by atoms with Gasteiger partial charge in [-0.05, 0) is 43.5 Å². The first kappa shape index (κ1) is 19.2. The molecule has 1 amide bonds. The van der Waals surface area contributed by atoms with Gasteiger partial charge in [-0.1, -0.05) is 37.3 Å². The van der Waals surface area contributed by atoms with Gasteiger partial charge in [0.15, 0.2) is 5.76 Å². The third-order valence-electron chi connectivity index (χ3n) is 6.69. The van der Waals surface area contributed by atoms with Crippen LogP contribution in [0.3, 0.4) is 0 Å². The van der Waals surface area contributed by atoms with E-state index in [2.05, 4.69) is 54.1 Å². The second kappa shape index (κ2) is 8.10. The van der Waals surface area contributed by atoms with Crippen molar-refractivity contribution in [2.75, 3.05) is 46.3 Å². The number of benzene rings is 1. The summed E-state index contributed by atoms with van der Waals surface area (Å²) in [5.41, 5.74) is 1.59. The molecule has 2 aliphatic rings. The Hall–Kier alpha value is -2.11. The maximum atomic E-state index is 12.6. The zero-order valence-electron chi connectivity index (χ0n) is 17.0. The van der Waals surface area contributed by atoms with E-state index in [1.165, 1.54) is 5.56 Å². The highest BCUT2D eigenvalue weighted by molar-refractivity contribution is 5.91.